The number of amides is 1. The summed E-state index contributed by atoms with van der Waals surface area (Å²) < 4.78 is 5.06. The van der Waals surface area contributed by atoms with Crippen LogP contribution in [0.1, 0.15) is 12.0 Å². The Hall–Kier alpha value is -2.15. The van der Waals surface area contributed by atoms with Gasteiger partial charge in [-0.05, 0) is 6.42 Å². The second kappa shape index (κ2) is 5.09. The lowest BCUT2D eigenvalue weighted by Crippen LogP contribution is -2.52. The van der Waals surface area contributed by atoms with Gasteiger partial charge in [0.1, 0.15) is 12.8 Å². The minimum Gasteiger partial charge on any atom is -0.446 e. The highest BCUT2D eigenvalue weighted by atomic mass is 16.6. The fraction of sp³-hybridized carbons (Fsp3) is 0.462. The van der Waals surface area contributed by atoms with E-state index in [9.17, 15) is 14.9 Å². The fourth-order valence-corrected chi connectivity index (χ4v) is 2.80. The summed E-state index contributed by atoms with van der Waals surface area (Å²) in [6.45, 7) is 2.29. The van der Waals surface area contributed by atoms with Crippen LogP contribution >= 0.6 is 0 Å². The van der Waals surface area contributed by atoms with E-state index in [-0.39, 0.29) is 22.9 Å². The molecule has 7 nitrogen and oxygen atoms in total. The monoisotopic (exact) mass is 277 g/mol. The molecule has 0 radical (unpaired) electrons. The van der Waals surface area contributed by atoms with Gasteiger partial charge in [0.15, 0.2) is 0 Å². The molecule has 3 rings (SSSR count). The van der Waals surface area contributed by atoms with Crippen LogP contribution < -0.4 is 0 Å². The van der Waals surface area contributed by atoms with Crippen LogP contribution in [-0.4, -0.2) is 46.7 Å². The van der Waals surface area contributed by atoms with E-state index in [1.165, 1.54) is 6.07 Å². The third kappa shape index (κ3) is 2.20. The van der Waals surface area contributed by atoms with Crippen molar-refractivity contribution in [3.05, 3.63) is 39.9 Å². The third-order valence-electron chi connectivity index (χ3n) is 3.78. The first kappa shape index (κ1) is 12.9. The van der Waals surface area contributed by atoms with Crippen LogP contribution in [0.4, 0.5) is 10.5 Å². The van der Waals surface area contributed by atoms with Crippen LogP contribution in [-0.2, 0) is 11.3 Å². The Balaban J connectivity index is 1.81. The number of para-hydroxylation sites is 1. The van der Waals surface area contributed by atoms with Crippen molar-refractivity contribution in [2.75, 3.05) is 19.7 Å². The van der Waals surface area contributed by atoms with Gasteiger partial charge in [-0.1, -0.05) is 18.2 Å². The summed E-state index contributed by atoms with van der Waals surface area (Å²) in [6.07, 6.45) is 0.463. The van der Waals surface area contributed by atoms with E-state index < -0.39 is 0 Å². The number of hydrogen-bond acceptors (Lipinski definition) is 5. The second-order valence-corrected chi connectivity index (χ2v) is 4.96. The van der Waals surface area contributed by atoms with Crippen LogP contribution in [0.15, 0.2) is 24.3 Å². The van der Waals surface area contributed by atoms with Crippen LogP contribution in [0.5, 0.6) is 0 Å². The van der Waals surface area contributed by atoms with E-state index in [4.69, 9.17) is 4.74 Å². The SMILES string of the molecule is O=C1OC[C@H]2N(Cc3ccccc3[N+](=O)[O-])CCCN12. The first-order valence-corrected chi connectivity index (χ1v) is 6.56. The number of carbonyl (C=O) groups excluding carboxylic acids is 1. The number of fused-ring (bicyclic) bond motifs is 1. The Labute approximate surface area is 115 Å². The van der Waals surface area contributed by atoms with Crippen molar-refractivity contribution in [3.8, 4) is 0 Å². The zero-order chi connectivity index (χ0) is 14.1. The molecule has 1 amide bonds. The summed E-state index contributed by atoms with van der Waals surface area (Å²) in [5.41, 5.74) is 0.786. The van der Waals surface area contributed by atoms with Gasteiger partial charge >= 0.3 is 6.09 Å². The van der Waals surface area contributed by atoms with E-state index >= 15 is 0 Å². The maximum absolute atomic E-state index is 11.6. The molecule has 2 aliphatic rings. The van der Waals surface area contributed by atoms with Gasteiger partial charge in [-0.3, -0.25) is 19.9 Å². The second-order valence-electron chi connectivity index (χ2n) is 4.96. The number of nitrogens with zero attached hydrogens (tertiary/aromatic N) is 3. The molecule has 1 aromatic rings. The highest BCUT2D eigenvalue weighted by Crippen LogP contribution is 2.26. The Bertz CT molecular complexity index is 548. The largest absolute Gasteiger partial charge is 0.446 e. The van der Waals surface area contributed by atoms with Crippen LogP contribution in [0, 0.1) is 10.1 Å². The molecule has 0 N–H and O–H groups in total. The minimum absolute atomic E-state index is 0.101. The lowest BCUT2D eigenvalue weighted by atomic mass is 10.1. The lowest BCUT2D eigenvalue weighted by Gasteiger charge is -2.37. The van der Waals surface area contributed by atoms with Crippen molar-refractivity contribution in [2.24, 2.45) is 0 Å². The minimum atomic E-state index is -0.368. The molecule has 2 saturated heterocycles. The summed E-state index contributed by atoms with van der Waals surface area (Å²) in [5, 5.41) is 11.0. The smallest absolute Gasteiger partial charge is 0.411 e. The Morgan fingerprint density at radius 1 is 1.35 bits per heavy atom. The molecule has 2 heterocycles. The molecule has 1 atom stereocenters. The summed E-state index contributed by atoms with van der Waals surface area (Å²) in [4.78, 5) is 26.0. The number of nitro groups is 1. The van der Waals surface area contributed by atoms with Crippen molar-refractivity contribution in [1.29, 1.82) is 0 Å². The van der Waals surface area contributed by atoms with E-state index in [0.29, 0.717) is 25.3 Å². The summed E-state index contributed by atoms with van der Waals surface area (Å²) in [5.74, 6) is 0. The van der Waals surface area contributed by atoms with Gasteiger partial charge < -0.3 is 4.74 Å². The Morgan fingerprint density at radius 2 is 2.15 bits per heavy atom. The summed E-state index contributed by atoms with van der Waals surface area (Å²) in [7, 11) is 0. The number of cyclic esters (lactones) is 1. The van der Waals surface area contributed by atoms with Gasteiger partial charge in [-0.25, -0.2) is 4.79 Å². The number of hydrogen-bond donors (Lipinski definition) is 0. The highest BCUT2D eigenvalue weighted by molar-refractivity contribution is 5.70. The molecule has 0 aromatic heterocycles. The quantitative estimate of drug-likeness (QED) is 0.619. The molecular weight excluding hydrogens is 262 g/mol. The van der Waals surface area contributed by atoms with Crippen molar-refractivity contribution < 1.29 is 14.5 Å². The zero-order valence-corrected chi connectivity index (χ0v) is 10.9. The number of nitro benzene ring substituents is 1. The average Bonchev–Trinajstić information content (AvgIpc) is 2.82. The predicted octanol–water partition coefficient (Wildman–Crippen LogP) is 1.58. The van der Waals surface area contributed by atoms with Crippen LogP contribution in [0.2, 0.25) is 0 Å². The normalized spacial score (nSPS) is 22.5. The molecule has 2 fully saturated rings. The molecule has 106 valence electrons. The highest BCUT2D eigenvalue weighted by Gasteiger charge is 2.39. The predicted molar refractivity (Wildman–Crippen MR) is 70.0 cm³/mol. The van der Waals surface area contributed by atoms with Crippen LogP contribution in [0.3, 0.4) is 0 Å². The fourth-order valence-electron chi connectivity index (χ4n) is 2.80. The number of ether oxygens (including phenoxy) is 1. The topological polar surface area (TPSA) is 75.9 Å². The lowest BCUT2D eigenvalue weighted by molar-refractivity contribution is -0.385. The summed E-state index contributed by atoms with van der Waals surface area (Å²) in [6, 6.07) is 6.72. The zero-order valence-electron chi connectivity index (χ0n) is 10.9. The van der Waals surface area contributed by atoms with E-state index in [1.54, 1.807) is 23.1 Å². The van der Waals surface area contributed by atoms with Crippen molar-refractivity contribution in [1.82, 2.24) is 9.80 Å². The maximum atomic E-state index is 11.6. The number of benzene rings is 1. The third-order valence-corrected chi connectivity index (χ3v) is 3.78. The Morgan fingerprint density at radius 3 is 2.95 bits per heavy atom. The molecule has 2 aliphatic heterocycles. The molecule has 0 spiro atoms. The van der Waals surface area contributed by atoms with Crippen molar-refractivity contribution in [2.45, 2.75) is 19.1 Å². The van der Waals surface area contributed by atoms with Gasteiger partial charge in [-0.2, -0.15) is 0 Å². The standard InChI is InChI=1S/C13H15N3O4/c17-13-15-7-3-6-14(12(15)9-20-13)8-10-4-1-2-5-11(10)16(18)19/h1-2,4-5,12H,3,6-9H2/t12-/m0/s1. The molecular formula is C13H15N3O4. The van der Waals surface area contributed by atoms with Crippen molar-refractivity contribution in [3.63, 3.8) is 0 Å². The van der Waals surface area contributed by atoms with Gasteiger partial charge in [0.2, 0.25) is 0 Å². The van der Waals surface area contributed by atoms with Gasteiger partial charge in [-0.15, -0.1) is 0 Å². The van der Waals surface area contributed by atoms with Crippen LogP contribution in [0.25, 0.3) is 0 Å². The Kier molecular flexibility index (Phi) is 3.27. The molecule has 20 heavy (non-hydrogen) atoms. The number of rotatable bonds is 3. The van der Waals surface area contributed by atoms with E-state index in [0.717, 1.165) is 13.0 Å². The molecule has 0 bridgehead atoms. The van der Waals surface area contributed by atoms with Gasteiger partial charge in [0.25, 0.3) is 5.69 Å². The summed E-state index contributed by atoms with van der Waals surface area (Å²) >= 11 is 0. The maximum Gasteiger partial charge on any atom is 0.411 e. The molecule has 0 aliphatic carbocycles. The molecule has 0 unspecified atom stereocenters. The van der Waals surface area contributed by atoms with E-state index in [2.05, 4.69) is 4.90 Å². The first-order chi connectivity index (χ1) is 9.66. The molecule has 0 saturated carbocycles. The van der Waals surface area contributed by atoms with Gasteiger partial charge in [0.05, 0.1) is 4.92 Å². The van der Waals surface area contributed by atoms with Crippen molar-refractivity contribution >= 4 is 11.8 Å². The molecule has 1 aromatic carbocycles. The first-order valence-electron chi connectivity index (χ1n) is 6.56. The number of carbonyl (C=O) groups is 1. The van der Waals surface area contributed by atoms with E-state index in [1.807, 2.05) is 0 Å². The molecule has 7 heteroatoms. The van der Waals surface area contributed by atoms with Gasteiger partial charge in [0, 0.05) is 31.3 Å². The average molecular weight is 277 g/mol.